The molecule has 0 unspecified atom stereocenters. The van der Waals surface area contributed by atoms with E-state index >= 15 is 0 Å². The lowest BCUT2D eigenvalue weighted by Crippen LogP contribution is -2.23. The highest BCUT2D eigenvalue weighted by Crippen LogP contribution is 2.26. The average Bonchev–Trinajstić information content (AvgIpc) is 3.00. The minimum absolute atomic E-state index is 0.0205. The first kappa shape index (κ1) is 19.2. The zero-order chi connectivity index (χ0) is 19.6. The van der Waals surface area contributed by atoms with Gasteiger partial charge >= 0.3 is 0 Å². The van der Waals surface area contributed by atoms with Crippen LogP contribution in [-0.2, 0) is 14.8 Å². The maximum atomic E-state index is 11.9. The van der Waals surface area contributed by atoms with Gasteiger partial charge in [0.25, 0.3) is 5.56 Å². The van der Waals surface area contributed by atoms with Crippen molar-refractivity contribution in [3.63, 3.8) is 0 Å². The summed E-state index contributed by atoms with van der Waals surface area (Å²) in [4.78, 5) is 26.2. The quantitative estimate of drug-likeness (QED) is 0.705. The Morgan fingerprint density at radius 2 is 1.89 bits per heavy atom. The van der Waals surface area contributed by atoms with E-state index in [1.165, 1.54) is 6.07 Å². The van der Waals surface area contributed by atoms with E-state index < -0.39 is 15.6 Å². The number of sulfonamides is 1. The van der Waals surface area contributed by atoms with Crippen LogP contribution < -0.4 is 15.6 Å². The molecule has 0 aliphatic carbocycles. The third kappa shape index (κ3) is 4.99. The van der Waals surface area contributed by atoms with Gasteiger partial charge in [0.05, 0.1) is 6.26 Å². The second kappa shape index (κ2) is 7.58. The number of amides is 1. The standard InChI is InChI=1S/C18H18ClN3O4S/c1-27(25,26)22-12-4-2-11(3-5-12)14(10-13-6-9-17(23)20-13)16-8-7-15(19)18(24)21-16/h2-5,7-8,10,13,22H,6,9H2,1H3,(H,20,23)(H,21,24)/b14-10+/t13-/m1/s1. The number of hydrogen-bond acceptors (Lipinski definition) is 4. The normalized spacial score (nSPS) is 17.6. The zero-order valence-corrected chi connectivity index (χ0v) is 16.0. The molecule has 3 N–H and O–H groups in total. The first-order chi connectivity index (χ1) is 12.7. The fourth-order valence-corrected chi connectivity index (χ4v) is 3.52. The van der Waals surface area contributed by atoms with Gasteiger partial charge in [-0.25, -0.2) is 8.42 Å². The number of aromatic amines is 1. The summed E-state index contributed by atoms with van der Waals surface area (Å²) >= 11 is 5.82. The smallest absolute Gasteiger partial charge is 0.267 e. The molecule has 1 aromatic carbocycles. The van der Waals surface area contributed by atoms with Crippen molar-refractivity contribution in [1.29, 1.82) is 0 Å². The number of benzene rings is 1. The van der Waals surface area contributed by atoms with Gasteiger partial charge in [-0.05, 0) is 36.2 Å². The van der Waals surface area contributed by atoms with E-state index in [1.54, 1.807) is 30.3 Å². The summed E-state index contributed by atoms with van der Waals surface area (Å²) in [6.07, 6.45) is 4.06. The number of carbonyl (C=O) groups is 1. The molecule has 1 aliphatic rings. The number of aromatic nitrogens is 1. The Morgan fingerprint density at radius 1 is 1.19 bits per heavy atom. The van der Waals surface area contributed by atoms with Crippen molar-refractivity contribution in [3.8, 4) is 0 Å². The molecule has 0 radical (unpaired) electrons. The van der Waals surface area contributed by atoms with E-state index in [0.29, 0.717) is 29.8 Å². The number of pyridine rings is 1. The third-order valence-electron chi connectivity index (χ3n) is 4.05. The molecular weight excluding hydrogens is 390 g/mol. The van der Waals surface area contributed by atoms with Crippen LogP contribution >= 0.6 is 11.6 Å². The molecule has 9 heteroatoms. The van der Waals surface area contributed by atoms with Gasteiger partial charge in [-0.15, -0.1) is 0 Å². The van der Waals surface area contributed by atoms with E-state index in [-0.39, 0.29) is 17.0 Å². The first-order valence-corrected chi connectivity index (χ1v) is 10.5. The highest BCUT2D eigenvalue weighted by Gasteiger charge is 2.20. The molecule has 1 fully saturated rings. The van der Waals surface area contributed by atoms with E-state index in [2.05, 4.69) is 15.0 Å². The highest BCUT2D eigenvalue weighted by molar-refractivity contribution is 7.92. The molecule has 27 heavy (non-hydrogen) atoms. The zero-order valence-electron chi connectivity index (χ0n) is 14.5. The van der Waals surface area contributed by atoms with Crippen molar-refractivity contribution in [2.45, 2.75) is 18.9 Å². The van der Waals surface area contributed by atoms with Crippen molar-refractivity contribution in [2.75, 3.05) is 11.0 Å². The van der Waals surface area contributed by atoms with Crippen LogP contribution in [0.1, 0.15) is 24.1 Å². The highest BCUT2D eigenvalue weighted by atomic mass is 35.5. The molecule has 1 aromatic heterocycles. The Morgan fingerprint density at radius 3 is 2.44 bits per heavy atom. The van der Waals surface area contributed by atoms with Crippen molar-refractivity contribution < 1.29 is 13.2 Å². The summed E-state index contributed by atoms with van der Waals surface area (Å²) < 4.78 is 25.1. The van der Waals surface area contributed by atoms with Crippen LogP contribution in [0, 0.1) is 0 Å². The summed E-state index contributed by atoms with van der Waals surface area (Å²) in [6, 6.07) is 9.79. The number of rotatable bonds is 5. The van der Waals surface area contributed by atoms with Gasteiger partial charge in [-0.3, -0.25) is 14.3 Å². The predicted octanol–water partition coefficient (Wildman–Crippen LogP) is 2.11. The lowest BCUT2D eigenvalue weighted by atomic mass is 9.99. The summed E-state index contributed by atoms with van der Waals surface area (Å²) in [7, 11) is -3.37. The molecule has 1 saturated heterocycles. The Hall–Kier alpha value is -2.58. The van der Waals surface area contributed by atoms with Crippen molar-refractivity contribution in [1.82, 2.24) is 10.3 Å². The van der Waals surface area contributed by atoms with Crippen LogP contribution in [0.2, 0.25) is 5.02 Å². The topological polar surface area (TPSA) is 108 Å². The van der Waals surface area contributed by atoms with E-state index in [9.17, 15) is 18.0 Å². The van der Waals surface area contributed by atoms with E-state index in [0.717, 1.165) is 11.8 Å². The monoisotopic (exact) mass is 407 g/mol. The number of anilines is 1. The molecule has 1 atom stereocenters. The third-order valence-corrected chi connectivity index (χ3v) is 4.95. The summed E-state index contributed by atoms with van der Waals surface area (Å²) in [5.74, 6) is -0.0205. The molecule has 0 spiro atoms. The largest absolute Gasteiger partial charge is 0.350 e. The molecule has 7 nitrogen and oxygen atoms in total. The number of H-pyrrole nitrogens is 1. The molecule has 0 bridgehead atoms. The minimum atomic E-state index is -3.37. The van der Waals surface area contributed by atoms with Crippen molar-refractivity contribution in [2.24, 2.45) is 0 Å². The van der Waals surface area contributed by atoms with Crippen molar-refractivity contribution >= 4 is 38.8 Å². The molecule has 1 amide bonds. The number of nitrogens with one attached hydrogen (secondary N) is 3. The van der Waals surface area contributed by atoms with E-state index in [4.69, 9.17) is 11.6 Å². The molecule has 0 saturated carbocycles. The molecule has 2 heterocycles. The summed E-state index contributed by atoms with van der Waals surface area (Å²) in [5.41, 5.74) is 2.04. The average molecular weight is 408 g/mol. The van der Waals surface area contributed by atoms with Crippen LogP contribution in [0.15, 0.2) is 47.3 Å². The lowest BCUT2D eigenvalue weighted by molar-refractivity contribution is -0.119. The summed E-state index contributed by atoms with van der Waals surface area (Å²) in [6.45, 7) is 0. The SMILES string of the molecule is CS(=O)(=O)Nc1ccc(/C(=C\[C@H]2CCC(=O)N2)c2ccc(Cl)c(=O)[nH]2)cc1. The Kier molecular flexibility index (Phi) is 5.38. The fraction of sp³-hybridized carbons (Fsp3) is 0.222. The van der Waals surface area contributed by atoms with Gasteiger partial charge < -0.3 is 10.3 Å². The predicted molar refractivity (Wildman–Crippen MR) is 105 cm³/mol. The summed E-state index contributed by atoms with van der Waals surface area (Å²) in [5, 5.41) is 2.95. The van der Waals surface area contributed by atoms with Crippen LogP contribution in [0.5, 0.6) is 0 Å². The van der Waals surface area contributed by atoms with Gasteiger partial charge in [0, 0.05) is 29.4 Å². The van der Waals surface area contributed by atoms with Gasteiger partial charge in [0.2, 0.25) is 15.9 Å². The fourth-order valence-electron chi connectivity index (χ4n) is 2.85. The number of halogens is 1. The van der Waals surface area contributed by atoms with Crippen LogP contribution in [0.25, 0.3) is 5.57 Å². The van der Waals surface area contributed by atoms with E-state index in [1.807, 2.05) is 6.08 Å². The molecular formula is C18H18ClN3O4S. The maximum absolute atomic E-state index is 11.9. The Bertz CT molecular complexity index is 1060. The second-order valence-corrected chi connectivity index (χ2v) is 8.45. The van der Waals surface area contributed by atoms with Gasteiger partial charge in [0.1, 0.15) is 5.02 Å². The maximum Gasteiger partial charge on any atom is 0.267 e. The minimum Gasteiger partial charge on any atom is -0.350 e. The van der Waals surface area contributed by atoms with Crippen LogP contribution in [-0.4, -0.2) is 31.6 Å². The van der Waals surface area contributed by atoms with Gasteiger partial charge in [0.15, 0.2) is 0 Å². The second-order valence-electron chi connectivity index (χ2n) is 6.29. The van der Waals surface area contributed by atoms with Gasteiger partial charge in [-0.2, -0.15) is 0 Å². The Labute approximate surface area is 161 Å². The first-order valence-electron chi connectivity index (χ1n) is 8.20. The van der Waals surface area contributed by atoms with Gasteiger partial charge in [-0.1, -0.05) is 29.8 Å². The van der Waals surface area contributed by atoms with Crippen LogP contribution in [0.3, 0.4) is 0 Å². The molecule has 142 valence electrons. The van der Waals surface area contributed by atoms with Crippen LogP contribution in [0.4, 0.5) is 5.69 Å². The Balaban J connectivity index is 2.01. The molecule has 1 aliphatic heterocycles. The molecule has 3 rings (SSSR count). The number of carbonyl (C=O) groups excluding carboxylic acids is 1. The lowest BCUT2D eigenvalue weighted by Gasteiger charge is -2.13. The number of hydrogen-bond donors (Lipinski definition) is 3. The van der Waals surface area contributed by atoms with Crippen molar-refractivity contribution in [3.05, 3.63) is 69.1 Å². The molecule has 2 aromatic rings.